The summed E-state index contributed by atoms with van der Waals surface area (Å²) in [7, 11) is -3.91. The summed E-state index contributed by atoms with van der Waals surface area (Å²) in [4.78, 5) is 50.7. The highest BCUT2D eigenvalue weighted by atomic mass is 32.2. The molecule has 250 valence electrons. The summed E-state index contributed by atoms with van der Waals surface area (Å²) in [6, 6.07) is 10.3. The second kappa shape index (κ2) is 15.0. The van der Waals surface area contributed by atoms with E-state index in [4.69, 9.17) is 10.2 Å². The van der Waals surface area contributed by atoms with E-state index < -0.39 is 57.4 Å². The molecule has 1 aliphatic heterocycles. The van der Waals surface area contributed by atoms with E-state index in [2.05, 4.69) is 4.98 Å². The Bertz CT molecular complexity index is 1740. The van der Waals surface area contributed by atoms with E-state index in [-0.39, 0.29) is 41.9 Å². The van der Waals surface area contributed by atoms with Crippen LogP contribution in [0.1, 0.15) is 53.5 Å². The van der Waals surface area contributed by atoms with E-state index in [9.17, 15) is 45.9 Å². The number of ketones is 1. The molecule has 0 spiro atoms. The fraction of sp³-hybridized carbons (Fsp3) is 0.258. The van der Waals surface area contributed by atoms with Crippen molar-refractivity contribution < 1.29 is 56.1 Å². The number of carboxylic acid groups (broad SMARTS) is 3. The van der Waals surface area contributed by atoms with Gasteiger partial charge in [-0.25, -0.2) is 22.8 Å². The maximum atomic E-state index is 12.9. The van der Waals surface area contributed by atoms with E-state index in [0.29, 0.717) is 11.3 Å². The van der Waals surface area contributed by atoms with Gasteiger partial charge in [0.15, 0.2) is 5.78 Å². The van der Waals surface area contributed by atoms with Crippen LogP contribution in [0.5, 0.6) is 0 Å². The van der Waals surface area contributed by atoms with Gasteiger partial charge in [0, 0.05) is 37.1 Å². The number of amides is 1. The van der Waals surface area contributed by atoms with Crippen molar-refractivity contribution in [1.82, 2.24) is 14.2 Å². The van der Waals surface area contributed by atoms with E-state index in [1.54, 1.807) is 13.0 Å². The predicted molar refractivity (Wildman–Crippen MR) is 163 cm³/mol. The van der Waals surface area contributed by atoms with Crippen molar-refractivity contribution in [1.29, 1.82) is 0 Å². The number of aryl methyl sites for hydroxylation is 1. The molecule has 0 radical (unpaired) electrons. The molecule has 1 atom stereocenters. The summed E-state index contributed by atoms with van der Waals surface area (Å²) >= 11 is 0. The summed E-state index contributed by atoms with van der Waals surface area (Å²) in [5.41, 5.74) is 0.747. The molecule has 1 aliphatic rings. The summed E-state index contributed by atoms with van der Waals surface area (Å²) in [5, 5.41) is 26.8. The molecule has 3 aromatic rings. The zero-order valence-corrected chi connectivity index (χ0v) is 25.8. The van der Waals surface area contributed by atoms with Gasteiger partial charge in [-0.05, 0) is 61.4 Å². The van der Waals surface area contributed by atoms with Gasteiger partial charge in [-0.2, -0.15) is 17.5 Å². The number of nitrogens with zero attached hydrogens (tertiary/aromatic N) is 3. The van der Waals surface area contributed by atoms with E-state index >= 15 is 0 Å². The van der Waals surface area contributed by atoms with Crippen LogP contribution in [-0.4, -0.2) is 93.2 Å². The number of aromatic nitrogens is 1. The Labute approximate surface area is 267 Å². The van der Waals surface area contributed by atoms with Crippen molar-refractivity contribution in [3.05, 3.63) is 106 Å². The average Bonchev–Trinajstić information content (AvgIpc) is 3.00. The maximum Gasteiger partial charge on any atom is 0.416 e. The van der Waals surface area contributed by atoms with Crippen LogP contribution >= 0.6 is 0 Å². The number of rotatable bonds is 8. The number of pyridine rings is 1. The molecule has 47 heavy (non-hydrogen) atoms. The Balaban J connectivity index is 0.000000386. The molecular weight excluding hydrogens is 647 g/mol. The molecule has 1 fully saturated rings. The minimum Gasteiger partial charge on any atom is -0.478 e. The maximum absolute atomic E-state index is 12.9. The number of halogens is 3. The number of carbonyl (C=O) groups excluding carboxylic acids is 1. The lowest BCUT2D eigenvalue weighted by molar-refractivity contribution is -0.137. The molecule has 0 saturated carbocycles. The summed E-state index contributed by atoms with van der Waals surface area (Å²) < 4.78 is 64.7. The number of benzene rings is 2. The van der Waals surface area contributed by atoms with Gasteiger partial charge in [-0.15, -0.1) is 0 Å². The van der Waals surface area contributed by atoms with Gasteiger partial charge in [0.1, 0.15) is 6.04 Å². The zero-order valence-electron chi connectivity index (χ0n) is 25.0. The van der Waals surface area contributed by atoms with E-state index in [0.717, 1.165) is 21.3 Å². The molecule has 1 aromatic heterocycles. The van der Waals surface area contributed by atoms with Crippen LogP contribution in [0.15, 0.2) is 66.9 Å². The number of alkyl halides is 3. The Morgan fingerprint density at radius 3 is 2.00 bits per heavy atom. The molecule has 16 heteroatoms. The van der Waals surface area contributed by atoms with Gasteiger partial charge in [0.25, 0.3) is 0 Å². The number of sulfonamides is 1. The molecule has 3 N–H and O–H groups in total. The predicted octanol–water partition coefficient (Wildman–Crippen LogP) is 4.69. The Kier molecular flexibility index (Phi) is 11.6. The highest BCUT2D eigenvalue weighted by Gasteiger charge is 2.39. The van der Waals surface area contributed by atoms with Gasteiger partial charge in [-0.1, -0.05) is 30.4 Å². The topological polar surface area (TPSA) is 182 Å². The number of aromatic carboxylic acids is 2. The van der Waals surface area contributed by atoms with Gasteiger partial charge in [0.05, 0.1) is 22.4 Å². The number of carboxylic acids is 2. The number of hydrogen-bond acceptors (Lipinski definition) is 7. The summed E-state index contributed by atoms with van der Waals surface area (Å²) in [5.74, 6) is -3.25. The molecular formula is C31H30F3N3O9S. The number of Topliss-reactive ketones (excluding diaryl/α,β-unsaturated/α-hetero) is 1. The lowest BCUT2D eigenvalue weighted by Gasteiger charge is -2.38. The first kappa shape index (κ1) is 36.4. The van der Waals surface area contributed by atoms with Crippen molar-refractivity contribution in [2.45, 2.75) is 26.1 Å². The molecule has 12 nitrogen and oxygen atoms in total. The SMILES string of the molecule is Cc1c(C(=O)O)cccc1C(=O)O.Cc1ccc(C(=O)C2CN(S(=O)(=O)CC=Cc3ccc(C(F)(F)F)cc3)CCN2C(=O)O)cn1. The second-order valence-corrected chi connectivity index (χ2v) is 12.3. The van der Waals surface area contributed by atoms with E-state index in [1.165, 1.54) is 61.7 Å². The molecule has 0 aliphatic carbocycles. The highest BCUT2D eigenvalue weighted by molar-refractivity contribution is 7.89. The lowest BCUT2D eigenvalue weighted by atomic mass is 10.0. The van der Waals surface area contributed by atoms with Gasteiger partial charge in [-0.3, -0.25) is 14.7 Å². The monoisotopic (exact) mass is 677 g/mol. The summed E-state index contributed by atoms with van der Waals surface area (Å²) in [6.45, 7) is 2.54. The number of hydrogen-bond donors (Lipinski definition) is 3. The minimum absolute atomic E-state index is 0.0277. The Hall–Kier alpha value is -5.09. The van der Waals surface area contributed by atoms with Crippen LogP contribution in [0.4, 0.5) is 18.0 Å². The van der Waals surface area contributed by atoms with Crippen molar-refractivity contribution in [2.75, 3.05) is 25.4 Å². The lowest BCUT2D eigenvalue weighted by Crippen LogP contribution is -2.59. The van der Waals surface area contributed by atoms with Crippen LogP contribution < -0.4 is 0 Å². The minimum atomic E-state index is -4.47. The molecule has 0 bridgehead atoms. The molecule has 2 aromatic carbocycles. The molecule has 1 amide bonds. The quantitative estimate of drug-likeness (QED) is 0.283. The van der Waals surface area contributed by atoms with Crippen molar-refractivity contribution in [3.8, 4) is 0 Å². The second-order valence-electron chi connectivity index (χ2n) is 10.3. The number of carbonyl (C=O) groups is 4. The van der Waals surface area contributed by atoms with Gasteiger partial charge < -0.3 is 15.3 Å². The van der Waals surface area contributed by atoms with Crippen LogP contribution in [-0.2, 0) is 16.2 Å². The van der Waals surface area contributed by atoms with Crippen molar-refractivity contribution in [3.63, 3.8) is 0 Å². The average molecular weight is 678 g/mol. The number of piperazine rings is 1. The fourth-order valence-corrected chi connectivity index (χ4v) is 5.84. The van der Waals surface area contributed by atoms with Crippen LogP contribution in [0.3, 0.4) is 0 Å². The van der Waals surface area contributed by atoms with Crippen LogP contribution in [0.25, 0.3) is 6.08 Å². The van der Waals surface area contributed by atoms with Gasteiger partial charge >= 0.3 is 24.2 Å². The van der Waals surface area contributed by atoms with E-state index in [1.807, 2.05) is 0 Å². The molecule has 2 heterocycles. The highest BCUT2D eigenvalue weighted by Crippen LogP contribution is 2.29. The molecule has 1 saturated heterocycles. The zero-order chi connectivity index (χ0) is 35.1. The molecule has 1 unspecified atom stereocenters. The van der Waals surface area contributed by atoms with Crippen molar-refractivity contribution >= 4 is 39.9 Å². The third kappa shape index (κ3) is 9.46. The Morgan fingerprint density at radius 1 is 0.915 bits per heavy atom. The smallest absolute Gasteiger partial charge is 0.416 e. The van der Waals surface area contributed by atoms with Crippen LogP contribution in [0, 0.1) is 13.8 Å². The molecule has 4 rings (SSSR count). The third-order valence-corrected chi connectivity index (χ3v) is 8.86. The first-order chi connectivity index (χ1) is 21.9. The first-order valence-electron chi connectivity index (χ1n) is 13.8. The third-order valence-electron chi connectivity index (χ3n) is 7.13. The van der Waals surface area contributed by atoms with Crippen LogP contribution in [0.2, 0.25) is 0 Å². The summed E-state index contributed by atoms with van der Waals surface area (Å²) in [6.07, 6.45) is -1.81. The Morgan fingerprint density at radius 2 is 1.51 bits per heavy atom. The normalized spacial score (nSPS) is 15.5. The largest absolute Gasteiger partial charge is 0.478 e. The first-order valence-corrected chi connectivity index (χ1v) is 15.4. The van der Waals surface area contributed by atoms with Crippen molar-refractivity contribution in [2.24, 2.45) is 0 Å². The van der Waals surface area contributed by atoms with Gasteiger partial charge in [0.2, 0.25) is 10.0 Å². The standard InChI is InChI=1S/C22H22F3N3O5S.C9H8O4/c1-15-4-7-17(13-26-15)20(29)19-14-27(10-11-28(19)21(30)31)34(32,33)12-2-3-16-5-8-18(9-6-16)22(23,24)25;1-5-6(8(10)11)3-2-4-7(5)9(12)13/h2-9,13,19H,10-12,14H2,1H3,(H,30,31);2-4H,1H3,(H,10,11)(H,12,13). The fourth-order valence-electron chi connectivity index (χ4n) is 4.56.